The largest absolute Gasteiger partial charge is 0.457 e. The van der Waals surface area contributed by atoms with Crippen LogP contribution in [0.15, 0.2) is 32.5 Å². The Balaban J connectivity index is 1.92. The Hall–Kier alpha value is -0.910. The highest BCUT2D eigenvalue weighted by atomic mass is 79.9. The van der Waals surface area contributed by atoms with Crippen molar-refractivity contribution in [1.82, 2.24) is 4.90 Å². The minimum absolute atomic E-state index is 0.382. The third kappa shape index (κ3) is 3.52. The second-order valence-corrected chi connectivity index (χ2v) is 5.74. The molecule has 0 aliphatic carbocycles. The van der Waals surface area contributed by atoms with E-state index in [-0.39, 0.29) is 0 Å². The first-order valence-corrected chi connectivity index (χ1v) is 6.80. The van der Waals surface area contributed by atoms with Crippen molar-refractivity contribution >= 4 is 33.6 Å². The summed E-state index contributed by atoms with van der Waals surface area (Å²) in [5, 5.41) is 2.07. The molecule has 0 aromatic carbocycles. The van der Waals surface area contributed by atoms with E-state index in [2.05, 4.69) is 32.3 Å². The molecule has 17 heavy (non-hydrogen) atoms. The molecule has 0 saturated heterocycles. The predicted molar refractivity (Wildman–Crippen MR) is 71.3 cm³/mol. The Morgan fingerprint density at radius 3 is 2.88 bits per heavy atom. The van der Waals surface area contributed by atoms with Gasteiger partial charge in [0.25, 0.3) is 0 Å². The Kier molecular flexibility index (Phi) is 4.15. The van der Waals surface area contributed by atoms with Crippen LogP contribution in [0.1, 0.15) is 21.2 Å². The molecule has 2 rings (SSSR count). The minimum Gasteiger partial charge on any atom is -0.457 e. The summed E-state index contributed by atoms with van der Waals surface area (Å²) >= 11 is 5.16. The standard InChI is InChI=1S/C12H12BrNO2S/c1-14(6-12-4-9(13)8-17-12)5-10-2-3-11(7-15)16-10/h2-4,7-8H,5-6H2,1H3. The Bertz CT molecular complexity index is 506. The third-order valence-electron chi connectivity index (χ3n) is 2.27. The molecule has 0 saturated carbocycles. The molecule has 2 aromatic rings. The highest BCUT2D eigenvalue weighted by molar-refractivity contribution is 9.10. The molecule has 5 heteroatoms. The number of carbonyl (C=O) groups excluding carboxylic acids is 1. The molecule has 3 nitrogen and oxygen atoms in total. The number of aldehydes is 1. The number of halogens is 1. The van der Waals surface area contributed by atoms with Gasteiger partial charge in [-0.1, -0.05) is 0 Å². The van der Waals surface area contributed by atoms with E-state index in [0.717, 1.165) is 23.1 Å². The summed E-state index contributed by atoms with van der Waals surface area (Å²) in [7, 11) is 2.02. The first-order chi connectivity index (χ1) is 8.17. The van der Waals surface area contributed by atoms with Crippen molar-refractivity contribution < 1.29 is 9.21 Å². The number of thiophene rings is 1. The molecule has 0 spiro atoms. The van der Waals surface area contributed by atoms with Crippen LogP contribution >= 0.6 is 27.3 Å². The molecule has 0 bridgehead atoms. The molecule has 0 amide bonds. The lowest BCUT2D eigenvalue weighted by Gasteiger charge is -2.13. The van der Waals surface area contributed by atoms with Gasteiger partial charge in [-0.3, -0.25) is 9.69 Å². The number of hydrogen-bond acceptors (Lipinski definition) is 4. The monoisotopic (exact) mass is 313 g/mol. The zero-order valence-electron chi connectivity index (χ0n) is 9.35. The van der Waals surface area contributed by atoms with E-state index < -0.39 is 0 Å². The van der Waals surface area contributed by atoms with Crippen molar-refractivity contribution in [3.05, 3.63) is 44.4 Å². The molecule has 2 aromatic heterocycles. The van der Waals surface area contributed by atoms with E-state index in [4.69, 9.17) is 4.42 Å². The molecule has 0 radical (unpaired) electrons. The van der Waals surface area contributed by atoms with Crippen LogP contribution in [-0.2, 0) is 13.1 Å². The maximum absolute atomic E-state index is 10.5. The van der Waals surface area contributed by atoms with Crippen LogP contribution in [0.2, 0.25) is 0 Å². The maximum Gasteiger partial charge on any atom is 0.185 e. The first-order valence-electron chi connectivity index (χ1n) is 5.12. The molecule has 90 valence electrons. The normalized spacial score (nSPS) is 11.0. The SMILES string of the molecule is CN(Cc1ccc(C=O)o1)Cc1cc(Br)cs1. The van der Waals surface area contributed by atoms with Gasteiger partial charge in [0.2, 0.25) is 0 Å². The van der Waals surface area contributed by atoms with Crippen molar-refractivity contribution in [3.8, 4) is 0 Å². The smallest absolute Gasteiger partial charge is 0.185 e. The number of nitrogens with zero attached hydrogens (tertiary/aromatic N) is 1. The van der Waals surface area contributed by atoms with Gasteiger partial charge in [0.15, 0.2) is 12.0 Å². The average molecular weight is 314 g/mol. The topological polar surface area (TPSA) is 33.5 Å². The lowest BCUT2D eigenvalue weighted by Crippen LogP contribution is -2.16. The highest BCUT2D eigenvalue weighted by Crippen LogP contribution is 2.21. The molecule has 0 aliphatic rings. The quantitative estimate of drug-likeness (QED) is 0.792. The van der Waals surface area contributed by atoms with Crippen LogP contribution in [0.5, 0.6) is 0 Å². The number of hydrogen-bond donors (Lipinski definition) is 0. The van der Waals surface area contributed by atoms with Crippen LogP contribution in [0, 0.1) is 0 Å². The Morgan fingerprint density at radius 1 is 1.47 bits per heavy atom. The first kappa shape index (κ1) is 12.5. The molecule has 2 heterocycles. The van der Waals surface area contributed by atoms with E-state index in [1.165, 1.54) is 4.88 Å². The van der Waals surface area contributed by atoms with Gasteiger partial charge in [-0.25, -0.2) is 0 Å². The molecule has 0 aliphatic heterocycles. The molecule has 0 N–H and O–H groups in total. The summed E-state index contributed by atoms with van der Waals surface area (Å²) in [5.41, 5.74) is 0. The van der Waals surface area contributed by atoms with Crippen molar-refractivity contribution in [1.29, 1.82) is 0 Å². The molecule has 0 fully saturated rings. The van der Waals surface area contributed by atoms with Gasteiger partial charge < -0.3 is 4.42 Å². The summed E-state index contributed by atoms with van der Waals surface area (Å²) in [5.74, 6) is 1.19. The van der Waals surface area contributed by atoms with Crippen molar-refractivity contribution in [2.45, 2.75) is 13.1 Å². The fraction of sp³-hybridized carbons (Fsp3) is 0.250. The second-order valence-electron chi connectivity index (χ2n) is 3.83. The van der Waals surface area contributed by atoms with Gasteiger partial charge in [-0.2, -0.15) is 0 Å². The Labute approximate surface area is 112 Å². The van der Waals surface area contributed by atoms with Crippen LogP contribution in [0.4, 0.5) is 0 Å². The number of rotatable bonds is 5. The fourth-order valence-corrected chi connectivity index (χ4v) is 3.10. The number of furan rings is 1. The third-order valence-corrected chi connectivity index (χ3v) is 3.95. The predicted octanol–water partition coefficient (Wildman–Crippen LogP) is 3.55. The van der Waals surface area contributed by atoms with E-state index in [9.17, 15) is 4.79 Å². The van der Waals surface area contributed by atoms with E-state index >= 15 is 0 Å². The lowest BCUT2D eigenvalue weighted by atomic mass is 10.4. The van der Waals surface area contributed by atoms with Crippen molar-refractivity contribution in [2.24, 2.45) is 0 Å². The molecule has 0 unspecified atom stereocenters. The van der Waals surface area contributed by atoms with Crippen LogP contribution in [0.3, 0.4) is 0 Å². The van der Waals surface area contributed by atoms with Crippen molar-refractivity contribution in [2.75, 3.05) is 7.05 Å². The highest BCUT2D eigenvalue weighted by Gasteiger charge is 2.07. The maximum atomic E-state index is 10.5. The molecule has 0 atom stereocenters. The van der Waals surface area contributed by atoms with E-state index in [1.54, 1.807) is 17.4 Å². The van der Waals surface area contributed by atoms with Crippen LogP contribution < -0.4 is 0 Å². The van der Waals surface area contributed by atoms with Gasteiger partial charge in [0, 0.05) is 21.3 Å². The van der Waals surface area contributed by atoms with E-state index in [0.29, 0.717) is 12.3 Å². The van der Waals surface area contributed by atoms with Crippen molar-refractivity contribution in [3.63, 3.8) is 0 Å². The van der Waals surface area contributed by atoms with Gasteiger partial charge in [-0.15, -0.1) is 11.3 Å². The summed E-state index contributed by atoms with van der Waals surface area (Å²) in [6.07, 6.45) is 0.722. The molecular weight excluding hydrogens is 302 g/mol. The van der Waals surface area contributed by atoms with Gasteiger partial charge >= 0.3 is 0 Å². The zero-order valence-corrected chi connectivity index (χ0v) is 11.8. The summed E-state index contributed by atoms with van der Waals surface area (Å²) in [6.45, 7) is 1.57. The lowest BCUT2D eigenvalue weighted by molar-refractivity contribution is 0.109. The fourth-order valence-electron chi connectivity index (χ4n) is 1.57. The minimum atomic E-state index is 0.382. The van der Waals surface area contributed by atoms with Gasteiger partial charge in [0.05, 0.1) is 6.54 Å². The average Bonchev–Trinajstić information content (AvgIpc) is 2.88. The summed E-state index contributed by atoms with van der Waals surface area (Å²) in [4.78, 5) is 13.9. The molecular formula is C12H12BrNO2S. The zero-order chi connectivity index (χ0) is 12.3. The summed E-state index contributed by atoms with van der Waals surface area (Å²) in [6, 6.07) is 5.64. The Morgan fingerprint density at radius 2 is 2.29 bits per heavy atom. The number of carbonyl (C=O) groups is 1. The summed E-state index contributed by atoms with van der Waals surface area (Å²) < 4.78 is 6.45. The van der Waals surface area contributed by atoms with Crippen LogP contribution in [-0.4, -0.2) is 18.2 Å². The van der Waals surface area contributed by atoms with E-state index in [1.807, 2.05) is 13.1 Å². The second kappa shape index (κ2) is 5.62. The van der Waals surface area contributed by atoms with Gasteiger partial charge in [0.1, 0.15) is 5.76 Å². The van der Waals surface area contributed by atoms with Gasteiger partial charge in [-0.05, 0) is 41.2 Å². The van der Waals surface area contributed by atoms with Crippen LogP contribution in [0.25, 0.3) is 0 Å².